The summed E-state index contributed by atoms with van der Waals surface area (Å²) in [6, 6.07) is 7.54. The van der Waals surface area contributed by atoms with Gasteiger partial charge in [-0.25, -0.2) is 10.2 Å². The van der Waals surface area contributed by atoms with Gasteiger partial charge in [0.1, 0.15) is 5.75 Å². The molecule has 1 heterocycles. The summed E-state index contributed by atoms with van der Waals surface area (Å²) in [5, 5.41) is 12.6. The van der Waals surface area contributed by atoms with Crippen LogP contribution in [0.4, 0.5) is 0 Å². The van der Waals surface area contributed by atoms with Gasteiger partial charge in [0.25, 0.3) is 0 Å². The summed E-state index contributed by atoms with van der Waals surface area (Å²) in [7, 11) is 0. The van der Waals surface area contributed by atoms with Gasteiger partial charge in [0, 0.05) is 24.1 Å². The van der Waals surface area contributed by atoms with Crippen LogP contribution in [0.2, 0.25) is 0 Å². The first-order valence-electron chi connectivity index (χ1n) is 8.24. The molecule has 1 amide bonds. The third-order valence-electron chi connectivity index (χ3n) is 4.19. The highest BCUT2D eigenvalue weighted by Gasteiger charge is 2.29. The zero-order chi connectivity index (χ0) is 18.2. The van der Waals surface area contributed by atoms with Crippen molar-refractivity contribution in [3.05, 3.63) is 29.8 Å². The Morgan fingerprint density at radius 2 is 1.96 bits per heavy atom. The number of hydrogen-bond donors (Lipinski definition) is 4. The molecule has 0 spiro atoms. The molecule has 2 unspecified atom stereocenters. The molecule has 2 atom stereocenters. The molecular weight excluding hydrogens is 324 g/mol. The Morgan fingerprint density at radius 3 is 2.64 bits per heavy atom. The Labute approximate surface area is 146 Å². The van der Waals surface area contributed by atoms with E-state index in [4.69, 9.17) is 9.84 Å². The van der Waals surface area contributed by atoms with Crippen LogP contribution in [0.15, 0.2) is 29.4 Å². The molecule has 1 aliphatic heterocycles. The van der Waals surface area contributed by atoms with E-state index in [1.165, 1.54) is 6.21 Å². The number of aliphatic carboxylic acids is 1. The number of benzene rings is 1. The fourth-order valence-corrected chi connectivity index (χ4v) is 2.80. The van der Waals surface area contributed by atoms with Crippen LogP contribution >= 0.6 is 0 Å². The van der Waals surface area contributed by atoms with Gasteiger partial charge in [-0.1, -0.05) is 12.1 Å². The maximum atomic E-state index is 11.9. The molecule has 8 heteroatoms. The number of ether oxygens (including phenoxy) is 1. The second kappa shape index (κ2) is 9.14. The van der Waals surface area contributed by atoms with Crippen LogP contribution in [0.3, 0.4) is 0 Å². The van der Waals surface area contributed by atoms with Crippen molar-refractivity contribution >= 4 is 18.1 Å². The maximum absolute atomic E-state index is 11.9. The summed E-state index contributed by atoms with van der Waals surface area (Å²) in [4.78, 5) is 22.5. The predicted octanol–water partition coefficient (Wildman–Crippen LogP) is 0.881. The van der Waals surface area contributed by atoms with Crippen LogP contribution < -0.4 is 21.0 Å². The van der Waals surface area contributed by atoms with Gasteiger partial charge in [0.05, 0.1) is 6.21 Å². The number of carboxylic acids is 1. The molecule has 0 saturated carbocycles. The average molecular weight is 348 g/mol. The summed E-state index contributed by atoms with van der Waals surface area (Å²) in [6.45, 7) is 3.74. The van der Waals surface area contributed by atoms with E-state index in [0.29, 0.717) is 35.7 Å². The normalized spacial score (nSPS) is 22.9. The van der Waals surface area contributed by atoms with E-state index in [2.05, 4.69) is 35.2 Å². The molecule has 0 bridgehead atoms. The number of hydrogen-bond acceptors (Lipinski definition) is 6. The van der Waals surface area contributed by atoms with E-state index in [1.54, 1.807) is 24.3 Å². The molecule has 0 aliphatic carbocycles. The molecule has 1 aromatic rings. The minimum absolute atomic E-state index is 0.161. The summed E-state index contributed by atoms with van der Waals surface area (Å²) in [6.07, 6.45) is 2.60. The molecule has 8 nitrogen and oxygen atoms in total. The lowest BCUT2D eigenvalue weighted by molar-refractivity contribution is -0.139. The Hall–Kier alpha value is -2.45. The first-order valence-corrected chi connectivity index (χ1v) is 8.24. The summed E-state index contributed by atoms with van der Waals surface area (Å²) >= 11 is 0. The smallest absolute Gasteiger partial charge is 0.341 e. The lowest BCUT2D eigenvalue weighted by atomic mass is 9.91. The van der Waals surface area contributed by atoms with Gasteiger partial charge in [-0.2, -0.15) is 5.10 Å². The molecule has 25 heavy (non-hydrogen) atoms. The van der Waals surface area contributed by atoms with Crippen molar-refractivity contribution in [2.75, 3.05) is 6.61 Å². The van der Waals surface area contributed by atoms with Crippen molar-refractivity contribution in [3.63, 3.8) is 0 Å². The minimum atomic E-state index is -1.06. The first kappa shape index (κ1) is 18.9. The number of nitrogens with one attached hydrogen (secondary N) is 3. The van der Waals surface area contributed by atoms with Crippen molar-refractivity contribution < 1.29 is 19.4 Å². The number of hydrazone groups is 1. The molecule has 1 aromatic carbocycles. The van der Waals surface area contributed by atoms with Gasteiger partial charge in [0.15, 0.2) is 6.61 Å². The van der Waals surface area contributed by atoms with Crippen molar-refractivity contribution in [3.8, 4) is 5.75 Å². The molecule has 1 aliphatic rings. The summed E-state index contributed by atoms with van der Waals surface area (Å²) in [5.74, 6) is -0.431. The van der Waals surface area contributed by atoms with Crippen LogP contribution in [0, 0.1) is 5.92 Å². The fraction of sp³-hybridized carbons (Fsp3) is 0.471. The van der Waals surface area contributed by atoms with Gasteiger partial charge in [0.2, 0.25) is 5.91 Å². The quantitative estimate of drug-likeness (QED) is 0.410. The Kier molecular flexibility index (Phi) is 6.91. The van der Waals surface area contributed by atoms with E-state index in [0.717, 1.165) is 6.42 Å². The number of para-hydroxylation sites is 1. The second-order valence-electron chi connectivity index (χ2n) is 6.08. The maximum Gasteiger partial charge on any atom is 0.341 e. The van der Waals surface area contributed by atoms with Crippen LogP contribution in [-0.2, 0) is 9.59 Å². The summed E-state index contributed by atoms with van der Waals surface area (Å²) in [5.41, 5.74) is 9.42. The first-order chi connectivity index (χ1) is 12.0. The van der Waals surface area contributed by atoms with Gasteiger partial charge in [-0.15, -0.1) is 0 Å². The third-order valence-corrected chi connectivity index (χ3v) is 4.19. The molecule has 136 valence electrons. The van der Waals surface area contributed by atoms with Crippen molar-refractivity contribution in [2.45, 2.75) is 38.8 Å². The fourth-order valence-electron chi connectivity index (χ4n) is 2.80. The highest BCUT2D eigenvalue weighted by Crippen LogP contribution is 2.20. The Morgan fingerprint density at radius 1 is 1.28 bits per heavy atom. The van der Waals surface area contributed by atoms with Crippen molar-refractivity contribution in [2.24, 2.45) is 11.0 Å². The molecule has 4 N–H and O–H groups in total. The van der Waals surface area contributed by atoms with E-state index in [1.807, 2.05) is 0 Å². The van der Waals surface area contributed by atoms with Crippen LogP contribution in [-0.4, -0.2) is 41.9 Å². The highest BCUT2D eigenvalue weighted by atomic mass is 16.5. The number of amides is 1. The van der Waals surface area contributed by atoms with Gasteiger partial charge in [-0.3, -0.25) is 15.6 Å². The van der Waals surface area contributed by atoms with E-state index in [-0.39, 0.29) is 5.91 Å². The number of carbonyl (C=O) groups excluding carboxylic acids is 1. The number of carboxylic acid groups (broad SMARTS) is 1. The lowest BCUT2D eigenvalue weighted by Crippen LogP contribution is -2.30. The molecule has 1 saturated heterocycles. The van der Waals surface area contributed by atoms with E-state index in [9.17, 15) is 9.59 Å². The number of rotatable bonds is 8. The molecule has 1 fully saturated rings. The third kappa shape index (κ3) is 5.84. The molecule has 0 aromatic heterocycles. The highest BCUT2D eigenvalue weighted by molar-refractivity contribution is 5.85. The van der Waals surface area contributed by atoms with Gasteiger partial charge < -0.3 is 9.84 Å². The number of nitrogens with zero attached hydrogens (tertiary/aromatic N) is 1. The predicted molar refractivity (Wildman–Crippen MR) is 93.2 cm³/mol. The van der Waals surface area contributed by atoms with Crippen LogP contribution in [0.1, 0.15) is 32.3 Å². The second-order valence-corrected chi connectivity index (χ2v) is 6.08. The van der Waals surface area contributed by atoms with Crippen molar-refractivity contribution in [1.29, 1.82) is 0 Å². The van der Waals surface area contributed by atoms with Crippen molar-refractivity contribution in [1.82, 2.24) is 16.3 Å². The number of carbonyl (C=O) groups is 2. The Bertz CT molecular complexity index is 625. The Balaban J connectivity index is 1.82. The standard InChI is InChI=1S/C17H24N4O4/c1-11-14(12(2)20-19-11)7-8-16(22)21-18-9-13-5-3-4-6-15(13)25-10-17(23)24/h3-6,9,11-12,14,19-20H,7-8,10H2,1-2H3,(H,21,22)(H,23,24)/b18-9-. The zero-order valence-corrected chi connectivity index (χ0v) is 14.4. The minimum Gasteiger partial charge on any atom is -0.481 e. The lowest BCUT2D eigenvalue weighted by Gasteiger charge is -2.16. The SMILES string of the molecule is CC1NNC(C)C1CCC(=O)N/N=C\c1ccccc1OCC(=O)O. The van der Waals surface area contributed by atoms with Crippen LogP contribution in [0.5, 0.6) is 5.75 Å². The van der Waals surface area contributed by atoms with E-state index >= 15 is 0 Å². The molecule has 2 rings (SSSR count). The van der Waals surface area contributed by atoms with Crippen LogP contribution in [0.25, 0.3) is 0 Å². The largest absolute Gasteiger partial charge is 0.481 e. The van der Waals surface area contributed by atoms with Gasteiger partial charge in [-0.05, 0) is 38.3 Å². The zero-order valence-electron chi connectivity index (χ0n) is 14.4. The number of hydrazine groups is 1. The monoisotopic (exact) mass is 348 g/mol. The topological polar surface area (TPSA) is 112 Å². The molecule has 0 radical (unpaired) electrons. The average Bonchev–Trinajstić information content (AvgIpc) is 2.90. The summed E-state index contributed by atoms with van der Waals surface area (Å²) < 4.78 is 5.18. The van der Waals surface area contributed by atoms with E-state index < -0.39 is 12.6 Å². The molecular formula is C17H24N4O4. The van der Waals surface area contributed by atoms with Gasteiger partial charge >= 0.3 is 5.97 Å².